The molecular weight excluding hydrogens is 438 g/mol. The second kappa shape index (κ2) is 12.3. The number of nitrogens with zero attached hydrogens (tertiary/aromatic N) is 1. The number of nitro groups is 1. The number of ether oxygens (including phenoxy) is 2. The van der Waals surface area contributed by atoms with Crippen LogP contribution in [0, 0.1) is 10.1 Å². The summed E-state index contributed by atoms with van der Waals surface area (Å²) in [4.78, 5) is 47.4. The molecule has 0 radical (unpaired) electrons. The number of carbonyl (C=O) groups excluding carboxylic acids is 3. The van der Waals surface area contributed by atoms with Crippen LogP contribution >= 0.6 is 11.8 Å². The summed E-state index contributed by atoms with van der Waals surface area (Å²) < 4.78 is 10.2. The number of anilines is 1. The maximum atomic E-state index is 12.5. The lowest BCUT2D eigenvalue weighted by atomic mass is 10.1. The number of esters is 1. The fraction of sp³-hybridized carbons (Fsp3) is 0.286. The number of rotatable bonds is 11. The van der Waals surface area contributed by atoms with Crippen molar-refractivity contribution in [2.24, 2.45) is 0 Å². The van der Waals surface area contributed by atoms with Gasteiger partial charge in [0.2, 0.25) is 0 Å². The summed E-state index contributed by atoms with van der Waals surface area (Å²) in [7, 11) is 1.50. The summed E-state index contributed by atoms with van der Waals surface area (Å²) >= 11 is 1.47. The van der Waals surface area contributed by atoms with E-state index in [0.29, 0.717) is 17.2 Å². The lowest BCUT2D eigenvalue weighted by molar-refractivity contribution is -0.384. The van der Waals surface area contributed by atoms with Crippen LogP contribution in [0.4, 0.5) is 11.4 Å². The average Bonchev–Trinajstić information content (AvgIpc) is 2.80. The fourth-order valence-corrected chi connectivity index (χ4v) is 3.09. The molecule has 10 nitrogen and oxygen atoms in total. The van der Waals surface area contributed by atoms with E-state index in [-0.39, 0.29) is 17.7 Å². The molecule has 1 atom stereocenters. The molecule has 2 aromatic carbocycles. The Hall–Kier alpha value is -3.60. The van der Waals surface area contributed by atoms with Crippen molar-refractivity contribution < 1.29 is 28.8 Å². The number of thioether (sulfide) groups is 1. The molecule has 170 valence electrons. The molecule has 2 rings (SSSR count). The molecule has 0 fully saturated rings. The molecule has 0 spiro atoms. The standard InChI is InChI=1S/C21H23N3O7S/c1-30-17-8-4-6-15(12-17)22-19(25)13-31-21(27)18(9-10-32-2)23-20(26)14-5-3-7-16(11-14)24(28)29/h3-8,11-12,18H,9-10,13H2,1-2H3,(H,22,25)(H,23,26). The SMILES string of the molecule is COc1cccc(NC(=O)COC(=O)C(CCSC)NC(=O)c2cccc([N+](=O)[O-])c2)c1. The van der Waals surface area contributed by atoms with E-state index in [0.717, 1.165) is 6.07 Å². The molecule has 2 aromatic rings. The van der Waals surface area contributed by atoms with Gasteiger partial charge in [0.05, 0.1) is 12.0 Å². The minimum Gasteiger partial charge on any atom is -0.497 e. The second-order valence-electron chi connectivity index (χ2n) is 6.50. The van der Waals surface area contributed by atoms with Crippen LogP contribution in [0.15, 0.2) is 48.5 Å². The maximum Gasteiger partial charge on any atom is 0.329 e. The highest BCUT2D eigenvalue weighted by Crippen LogP contribution is 2.17. The van der Waals surface area contributed by atoms with Crippen LogP contribution < -0.4 is 15.4 Å². The van der Waals surface area contributed by atoms with E-state index in [1.54, 1.807) is 24.3 Å². The van der Waals surface area contributed by atoms with Gasteiger partial charge in [-0.05, 0) is 36.6 Å². The van der Waals surface area contributed by atoms with Crippen LogP contribution in [0.2, 0.25) is 0 Å². The van der Waals surface area contributed by atoms with Gasteiger partial charge in [-0.3, -0.25) is 19.7 Å². The molecule has 0 aliphatic rings. The molecule has 0 saturated heterocycles. The molecule has 0 saturated carbocycles. The Kier molecular flexibility index (Phi) is 9.48. The third-order valence-electron chi connectivity index (χ3n) is 4.22. The number of carbonyl (C=O) groups is 3. The van der Waals surface area contributed by atoms with Crippen molar-refractivity contribution in [1.82, 2.24) is 5.32 Å². The number of methoxy groups -OCH3 is 1. The zero-order valence-corrected chi connectivity index (χ0v) is 18.3. The molecule has 0 aliphatic carbocycles. The van der Waals surface area contributed by atoms with Gasteiger partial charge in [-0.15, -0.1) is 0 Å². The van der Waals surface area contributed by atoms with E-state index >= 15 is 0 Å². The molecule has 0 aliphatic heterocycles. The summed E-state index contributed by atoms with van der Waals surface area (Å²) in [6.45, 7) is -0.543. The van der Waals surface area contributed by atoms with Gasteiger partial charge in [0, 0.05) is 29.4 Å². The topological polar surface area (TPSA) is 137 Å². The normalized spacial score (nSPS) is 11.2. The molecular formula is C21H23N3O7S. The van der Waals surface area contributed by atoms with E-state index in [9.17, 15) is 24.5 Å². The van der Waals surface area contributed by atoms with Gasteiger partial charge in [-0.1, -0.05) is 12.1 Å². The minimum atomic E-state index is -1.01. The molecule has 0 bridgehead atoms. The number of hydrogen-bond acceptors (Lipinski definition) is 8. The largest absolute Gasteiger partial charge is 0.497 e. The number of amides is 2. The molecule has 2 N–H and O–H groups in total. The van der Waals surface area contributed by atoms with Crippen molar-refractivity contribution in [3.63, 3.8) is 0 Å². The zero-order valence-electron chi connectivity index (χ0n) is 17.5. The predicted octanol–water partition coefficient (Wildman–Crippen LogP) is 2.64. The van der Waals surface area contributed by atoms with Crippen molar-refractivity contribution >= 4 is 40.9 Å². The second-order valence-corrected chi connectivity index (χ2v) is 7.49. The highest BCUT2D eigenvalue weighted by molar-refractivity contribution is 7.98. The Bertz CT molecular complexity index is 983. The van der Waals surface area contributed by atoms with E-state index in [1.807, 2.05) is 6.26 Å². The summed E-state index contributed by atoms with van der Waals surface area (Å²) in [5.74, 6) is -0.887. The summed E-state index contributed by atoms with van der Waals surface area (Å²) in [5, 5.41) is 16.0. The third-order valence-corrected chi connectivity index (χ3v) is 4.86. The molecule has 2 amide bonds. The van der Waals surface area contributed by atoms with Crippen molar-refractivity contribution in [3.8, 4) is 5.75 Å². The van der Waals surface area contributed by atoms with Crippen LogP contribution in [-0.4, -0.2) is 54.5 Å². The Balaban J connectivity index is 1.97. The van der Waals surface area contributed by atoms with Crippen molar-refractivity contribution in [2.45, 2.75) is 12.5 Å². The zero-order chi connectivity index (χ0) is 23.5. The molecule has 1 unspecified atom stereocenters. The van der Waals surface area contributed by atoms with Gasteiger partial charge < -0.3 is 20.1 Å². The number of hydrogen-bond donors (Lipinski definition) is 2. The number of nitro benzene ring substituents is 1. The van der Waals surface area contributed by atoms with E-state index < -0.39 is 35.4 Å². The van der Waals surface area contributed by atoms with Crippen LogP contribution in [-0.2, 0) is 14.3 Å². The minimum absolute atomic E-state index is 0.0388. The number of nitrogens with one attached hydrogen (secondary N) is 2. The van der Waals surface area contributed by atoms with Crippen molar-refractivity contribution in [2.75, 3.05) is 31.0 Å². The van der Waals surface area contributed by atoms with Crippen molar-refractivity contribution in [3.05, 3.63) is 64.2 Å². The Labute approximate surface area is 188 Å². The first kappa shape index (κ1) is 24.7. The molecule has 0 aromatic heterocycles. The lowest BCUT2D eigenvalue weighted by Crippen LogP contribution is -2.43. The maximum absolute atomic E-state index is 12.5. The molecule has 32 heavy (non-hydrogen) atoms. The van der Waals surface area contributed by atoms with Crippen LogP contribution in [0.25, 0.3) is 0 Å². The predicted molar refractivity (Wildman–Crippen MR) is 120 cm³/mol. The summed E-state index contributed by atoms with van der Waals surface area (Å²) in [6.07, 6.45) is 2.10. The molecule has 0 heterocycles. The Morgan fingerprint density at radius 1 is 1.16 bits per heavy atom. The van der Waals surface area contributed by atoms with Crippen LogP contribution in [0.3, 0.4) is 0 Å². The van der Waals surface area contributed by atoms with Gasteiger partial charge in [0.25, 0.3) is 17.5 Å². The average molecular weight is 461 g/mol. The first-order chi connectivity index (χ1) is 15.3. The highest BCUT2D eigenvalue weighted by Gasteiger charge is 2.24. The highest BCUT2D eigenvalue weighted by atomic mass is 32.2. The lowest BCUT2D eigenvalue weighted by Gasteiger charge is -2.17. The van der Waals surface area contributed by atoms with Crippen LogP contribution in [0.1, 0.15) is 16.8 Å². The first-order valence-electron chi connectivity index (χ1n) is 9.49. The Morgan fingerprint density at radius 2 is 1.91 bits per heavy atom. The summed E-state index contributed by atoms with van der Waals surface area (Å²) in [5.41, 5.74) is 0.273. The van der Waals surface area contributed by atoms with Crippen molar-refractivity contribution in [1.29, 1.82) is 0 Å². The van der Waals surface area contributed by atoms with Crippen LogP contribution in [0.5, 0.6) is 5.75 Å². The fourth-order valence-electron chi connectivity index (χ4n) is 2.62. The van der Waals surface area contributed by atoms with E-state index in [2.05, 4.69) is 10.6 Å². The van der Waals surface area contributed by atoms with E-state index in [4.69, 9.17) is 9.47 Å². The van der Waals surface area contributed by atoms with Gasteiger partial charge in [-0.2, -0.15) is 11.8 Å². The molecule has 11 heteroatoms. The number of benzene rings is 2. The monoisotopic (exact) mass is 461 g/mol. The summed E-state index contributed by atoms with van der Waals surface area (Å²) in [6, 6.07) is 10.8. The number of non-ortho nitro benzene ring substituents is 1. The van der Waals surface area contributed by atoms with Gasteiger partial charge >= 0.3 is 5.97 Å². The van der Waals surface area contributed by atoms with Gasteiger partial charge in [0.15, 0.2) is 6.61 Å². The Morgan fingerprint density at radius 3 is 2.59 bits per heavy atom. The first-order valence-corrected chi connectivity index (χ1v) is 10.9. The third kappa shape index (κ3) is 7.58. The van der Waals surface area contributed by atoms with Gasteiger partial charge in [-0.25, -0.2) is 4.79 Å². The van der Waals surface area contributed by atoms with Gasteiger partial charge in [0.1, 0.15) is 11.8 Å². The van der Waals surface area contributed by atoms with E-state index in [1.165, 1.54) is 37.1 Å². The quantitative estimate of drug-likeness (QED) is 0.296. The smallest absolute Gasteiger partial charge is 0.329 e.